The van der Waals surface area contributed by atoms with E-state index in [1.54, 1.807) is 0 Å². The van der Waals surface area contributed by atoms with Crippen LogP contribution in [0.3, 0.4) is 0 Å². The van der Waals surface area contributed by atoms with Gasteiger partial charge in [0.2, 0.25) is 5.91 Å². The molecule has 0 radical (unpaired) electrons. The lowest BCUT2D eigenvalue weighted by atomic mass is 9.95. The van der Waals surface area contributed by atoms with Gasteiger partial charge in [-0.2, -0.15) is 0 Å². The van der Waals surface area contributed by atoms with Crippen LogP contribution >= 0.6 is 12.4 Å². The molecule has 1 aromatic carbocycles. The molecular weight excluding hydrogens is 291 g/mol. The highest BCUT2D eigenvalue weighted by Gasteiger charge is 2.44. The Labute approximate surface area is 131 Å². The van der Waals surface area contributed by atoms with Crippen LogP contribution in [0.1, 0.15) is 38.7 Å². The Morgan fingerprint density at radius 1 is 1.38 bits per heavy atom. The Morgan fingerprint density at radius 3 is 2.43 bits per heavy atom. The van der Waals surface area contributed by atoms with Crippen molar-refractivity contribution in [3.8, 4) is 0 Å². The molecule has 1 aromatic rings. The largest absolute Gasteiger partial charge is 0.354 e. The van der Waals surface area contributed by atoms with Crippen LogP contribution in [0, 0.1) is 11.7 Å². The van der Waals surface area contributed by atoms with Crippen LogP contribution in [0.5, 0.6) is 0 Å². The van der Waals surface area contributed by atoms with E-state index in [2.05, 4.69) is 5.32 Å². The highest BCUT2D eigenvalue weighted by molar-refractivity contribution is 5.85. The number of amides is 1. The first kappa shape index (κ1) is 17.9. The maximum atomic E-state index is 13.0. The number of halogens is 2. The Hall–Kier alpha value is -1.13. The van der Waals surface area contributed by atoms with E-state index in [4.69, 9.17) is 5.73 Å². The minimum absolute atomic E-state index is 0. The summed E-state index contributed by atoms with van der Waals surface area (Å²) in [6.45, 7) is 4.59. The summed E-state index contributed by atoms with van der Waals surface area (Å²) >= 11 is 0. The zero-order valence-corrected chi connectivity index (χ0v) is 13.4. The van der Waals surface area contributed by atoms with Crippen LogP contribution in [-0.2, 0) is 10.2 Å². The van der Waals surface area contributed by atoms with E-state index in [1.165, 1.54) is 12.1 Å². The molecule has 1 aliphatic rings. The van der Waals surface area contributed by atoms with Crippen molar-refractivity contribution in [2.45, 2.75) is 44.6 Å². The van der Waals surface area contributed by atoms with Gasteiger partial charge in [-0.05, 0) is 36.5 Å². The molecule has 0 spiro atoms. The molecule has 1 saturated carbocycles. The van der Waals surface area contributed by atoms with E-state index >= 15 is 0 Å². The highest BCUT2D eigenvalue weighted by atomic mass is 35.5. The number of hydrogen-bond donors (Lipinski definition) is 2. The number of nitrogens with two attached hydrogens (primary N) is 1. The third-order valence-electron chi connectivity index (χ3n) is 4.47. The fourth-order valence-corrected chi connectivity index (χ4v) is 2.41. The minimum Gasteiger partial charge on any atom is -0.354 e. The number of carbonyl (C=O) groups is 1. The van der Waals surface area contributed by atoms with E-state index in [1.807, 2.05) is 26.0 Å². The van der Waals surface area contributed by atoms with E-state index in [9.17, 15) is 9.18 Å². The molecule has 5 heteroatoms. The molecule has 0 heterocycles. The van der Waals surface area contributed by atoms with Gasteiger partial charge >= 0.3 is 0 Å². The maximum absolute atomic E-state index is 13.0. The molecule has 1 amide bonds. The standard InChI is InChI=1S/C16H23FN2O.ClH/c1-3-11(2)14(18)15(20)19-10-16(8-9-16)12-4-6-13(17)7-5-12;/h4-7,11,14H,3,8-10,18H2,1-2H3,(H,19,20);1H. The lowest BCUT2D eigenvalue weighted by molar-refractivity contribution is -0.123. The summed E-state index contributed by atoms with van der Waals surface area (Å²) in [5.74, 6) is -0.143. The first-order valence-electron chi connectivity index (χ1n) is 7.28. The van der Waals surface area contributed by atoms with Gasteiger partial charge in [0, 0.05) is 12.0 Å². The first-order valence-corrected chi connectivity index (χ1v) is 7.28. The third kappa shape index (κ3) is 4.17. The Kier molecular flexibility index (Phi) is 6.17. The second-order valence-electron chi connectivity index (χ2n) is 5.92. The van der Waals surface area contributed by atoms with Crippen LogP contribution in [0.15, 0.2) is 24.3 Å². The average Bonchev–Trinajstić information content (AvgIpc) is 3.25. The van der Waals surface area contributed by atoms with Crippen molar-refractivity contribution in [1.82, 2.24) is 5.32 Å². The smallest absolute Gasteiger partial charge is 0.237 e. The fourth-order valence-electron chi connectivity index (χ4n) is 2.41. The van der Waals surface area contributed by atoms with Crippen molar-refractivity contribution in [1.29, 1.82) is 0 Å². The van der Waals surface area contributed by atoms with E-state index in [-0.39, 0.29) is 35.5 Å². The normalized spacial score (nSPS) is 18.3. The van der Waals surface area contributed by atoms with Crippen LogP contribution in [-0.4, -0.2) is 18.5 Å². The monoisotopic (exact) mass is 314 g/mol. The average molecular weight is 315 g/mol. The molecule has 2 unspecified atom stereocenters. The molecule has 0 aliphatic heterocycles. The van der Waals surface area contributed by atoms with Gasteiger partial charge in [0.25, 0.3) is 0 Å². The molecule has 118 valence electrons. The molecule has 2 rings (SSSR count). The number of rotatable bonds is 6. The van der Waals surface area contributed by atoms with Crippen molar-refractivity contribution < 1.29 is 9.18 Å². The van der Waals surface area contributed by atoms with Gasteiger partial charge in [-0.25, -0.2) is 4.39 Å². The lowest BCUT2D eigenvalue weighted by Crippen LogP contribution is -2.46. The molecule has 2 atom stereocenters. The maximum Gasteiger partial charge on any atom is 0.237 e. The number of hydrogen-bond acceptors (Lipinski definition) is 2. The van der Waals surface area contributed by atoms with Crippen molar-refractivity contribution >= 4 is 18.3 Å². The quantitative estimate of drug-likeness (QED) is 0.848. The molecule has 3 nitrogen and oxygen atoms in total. The molecule has 21 heavy (non-hydrogen) atoms. The van der Waals surface area contributed by atoms with Gasteiger partial charge in [-0.15, -0.1) is 12.4 Å². The van der Waals surface area contributed by atoms with Crippen LogP contribution in [0.2, 0.25) is 0 Å². The Bertz CT molecular complexity index is 474. The first-order chi connectivity index (χ1) is 9.48. The van der Waals surface area contributed by atoms with Crippen LogP contribution in [0.25, 0.3) is 0 Å². The van der Waals surface area contributed by atoms with E-state index in [0.717, 1.165) is 24.8 Å². The molecule has 0 aromatic heterocycles. The second-order valence-corrected chi connectivity index (χ2v) is 5.92. The SMILES string of the molecule is CCC(C)C(N)C(=O)NCC1(c2ccc(F)cc2)CC1.Cl. The molecule has 1 fully saturated rings. The van der Waals surface area contributed by atoms with E-state index in [0.29, 0.717) is 6.54 Å². The molecule has 0 saturated heterocycles. The summed E-state index contributed by atoms with van der Waals surface area (Å²) in [5.41, 5.74) is 7.00. The summed E-state index contributed by atoms with van der Waals surface area (Å²) in [4.78, 5) is 12.0. The van der Waals surface area contributed by atoms with Crippen molar-refractivity contribution in [3.05, 3.63) is 35.6 Å². The summed E-state index contributed by atoms with van der Waals surface area (Å²) in [7, 11) is 0. The summed E-state index contributed by atoms with van der Waals surface area (Å²) in [5, 5.41) is 2.96. The van der Waals surface area contributed by atoms with Gasteiger partial charge in [0.1, 0.15) is 5.82 Å². The molecular formula is C16H24ClFN2O. The Balaban J connectivity index is 0.00000220. The molecule has 1 aliphatic carbocycles. The van der Waals surface area contributed by atoms with Crippen LogP contribution in [0.4, 0.5) is 4.39 Å². The number of benzene rings is 1. The highest BCUT2D eigenvalue weighted by Crippen LogP contribution is 2.47. The predicted molar refractivity (Wildman–Crippen MR) is 85.0 cm³/mol. The van der Waals surface area contributed by atoms with Gasteiger partial charge in [-0.3, -0.25) is 4.79 Å². The predicted octanol–water partition coefficient (Wildman–Crippen LogP) is 2.77. The third-order valence-corrected chi connectivity index (χ3v) is 4.47. The van der Waals surface area contributed by atoms with Gasteiger partial charge < -0.3 is 11.1 Å². The summed E-state index contributed by atoms with van der Waals surface area (Å²) in [6, 6.07) is 6.11. The number of carbonyl (C=O) groups excluding carboxylic acids is 1. The summed E-state index contributed by atoms with van der Waals surface area (Å²) in [6.07, 6.45) is 2.94. The Morgan fingerprint density at radius 2 is 1.95 bits per heavy atom. The van der Waals surface area contributed by atoms with Gasteiger partial charge in [0.15, 0.2) is 0 Å². The van der Waals surface area contributed by atoms with Crippen molar-refractivity contribution in [3.63, 3.8) is 0 Å². The summed E-state index contributed by atoms with van der Waals surface area (Å²) < 4.78 is 13.0. The van der Waals surface area contributed by atoms with Crippen molar-refractivity contribution in [2.24, 2.45) is 11.7 Å². The zero-order valence-electron chi connectivity index (χ0n) is 12.6. The lowest BCUT2D eigenvalue weighted by Gasteiger charge is -2.21. The van der Waals surface area contributed by atoms with Crippen LogP contribution < -0.4 is 11.1 Å². The molecule has 0 bridgehead atoms. The van der Waals surface area contributed by atoms with Gasteiger partial charge in [-0.1, -0.05) is 32.4 Å². The fraction of sp³-hybridized carbons (Fsp3) is 0.562. The second kappa shape index (κ2) is 7.23. The molecule has 3 N–H and O–H groups in total. The topological polar surface area (TPSA) is 55.1 Å². The van der Waals surface area contributed by atoms with Gasteiger partial charge in [0.05, 0.1) is 6.04 Å². The zero-order chi connectivity index (χ0) is 14.8. The van der Waals surface area contributed by atoms with E-state index < -0.39 is 6.04 Å². The number of nitrogens with one attached hydrogen (secondary N) is 1. The van der Waals surface area contributed by atoms with Crippen molar-refractivity contribution in [2.75, 3.05) is 6.54 Å². The minimum atomic E-state index is -0.455.